The van der Waals surface area contributed by atoms with Gasteiger partial charge in [-0.15, -0.1) is 11.3 Å². The summed E-state index contributed by atoms with van der Waals surface area (Å²) in [5.74, 6) is -0.814. The number of carbonyl (C=O) groups is 1. The van der Waals surface area contributed by atoms with E-state index in [2.05, 4.69) is 19.2 Å². The Balaban J connectivity index is 1.91. The van der Waals surface area contributed by atoms with Crippen molar-refractivity contribution in [3.05, 3.63) is 21.9 Å². The Morgan fingerprint density at radius 2 is 2.39 bits per heavy atom. The monoisotopic (exact) mass is 267 g/mol. The van der Waals surface area contributed by atoms with Crippen LogP contribution in [0.1, 0.15) is 54.8 Å². The van der Waals surface area contributed by atoms with Crippen LogP contribution in [0.25, 0.3) is 0 Å². The van der Waals surface area contributed by atoms with E-state index in [9.17, 15) is 4.79 Å². The molecule has 1 unspecified atom stereocenters. The normalized spacial score (nSPS) is 22.9. The summed E-state index contributed by atoms with van der Waals surface area (Å²) in [6.45, 7) is 5.30. The quantitative estimate of drug-likeness (QED) is 0.877. The molecule has 0 aliphatic heterocycles. The van der Waals surface area contributed by atoms with E-state index in [1.54, 1.807) is 0 Å². The Hall–Kier alpha value is -0.870. The predicted molar refractivity (Wildman–Crippen MR) is 74.2 cm³/mol. The highest BCUT2D eigenvalue weighted by Crippen LogP contribution is 2.35. The van der Waals surface area contributed by atoms with E-state index >= 15 is 0 Å². The number of rotatable bonds is 4. The van der Waals surface area contributed by atoms with Crippen LogP contribution in [-0.4, -0.2) is 17.1 Å². The van der Waals surface area contributed by atoms with Crippen molar-refractivity contribution >= 4 is 17.3 Å². The first-order valence-corrected chi connectivity index (χ1v) is 7.39. The Bertz CT molecular complexity index is 425. The van der Waals surface area contributed by atoms with Crippen molar-refractivity contribution in [2.45, 2.75) is 52.1 Å². The highest BCUT2D eigenvalue weighted by Gasteiger charge is 2.27. The van der Waals surface area contributed by atoms with E-state index < -0.39 is 5.97 Å². The van der Waals surface area contributed by atoms with E-state index in [0.29, 0.717) is 22.9 Å². The molecule has 0 radical (unpaired) electrons. The Kier molecular flexibility index (Phi) is 4.07. The van der Waals surface area contributed by atoms with Gasteiger partial charge in [0.2, 0.25) is 0 Å². The van der Waals surface area contributed by atoms with Crippen LogP contribution in [0.3, 0.4) is 0 Å². The third kappa shape index (κ3) is 3.33. The number of carboxylic acids is 1. The lowest BCUT2D eigenvalue weighted by molar-refractivity contribution is 0.0700. The second kappa shape index (κ2) is 5.41. The van der Waals surface area contributed by atoms with Crippen LogP contribution in [-0.2, 0) is 6.54 Å². The SMILES string of the molecule is CC1(C)CCCC(NCc2ccsc2C(=O)O)C1. The van der Waals surface area contributed by atoms with Gasteiger partial charge < -0.3 is 10.4 Å². The van der Waals surface area contributed by atoms with Crippen LogP contribution in [0.4, 0.5) is 0 Å². The van der Waals surface area contributed by atoms with Crippen LogP contribution >= 0.6 is 11.3 Å². The van der Waals surface area contributed by atoms with Gasteiger partial charge >= 0.3 is 5.97 Å². The molecule has 0 bridgehead atoms. The zero-order valence-electron chi connectivity index (χ0n) is 11.0. The lowest BCUT2D eigenvalue weighted by Crippen LogP contribution is -2.37. The van der Waals surface area contributed by atoms with Gasteiger partial charge in [-0.1, -0.05) is 20.3 Å². The third-order valence-electron chi connectivity index (χ3n) is 3.73. The largest absolute Gasteiger partial charge is 0.477 e. The maximum absolute atomic E-state index is 11.0. The second-order valence-corrected chi connectivity index (χ2v) is 6.83. The Morgan fingerprint density at radius 1 is 1.61 bits per heavy atom. The Morgan fingerprint density at radius 3 is 3.06 bits per heavy atom. The zero-order valence-corrected chi connectivity index (χ0v) is 11.8. The zero-order chi connectivity index (χ0) is 13.2. The molecule has 0 amide bonds. The van der Waals surface area contributed by atoms with Crippen molar-refractivity contribution in [3.8, 4) is 0 Å². The molecule has 0 spiro atoms. The van der Waals surface area contributed by atoms with E-state index in [4.69, 9.17) is 5.11 Å². The van der Waals surface area contributed by atoms with Crippen LogP contribution in [0, 0.1) is 5.41 Å². The minimum Gasteiger partial charge on any atom is -0.477 e. The summed E-state index contributed by atoms with van der Waals surface area (Å²) in [5, 5.41) is 14.4. The summed E-state index contributed by atoms with van der Waals surface area (Å²) >= 11 is 1.30. The molecule has 1 aliphatic rings. The lowest BCUT2D eigenvalue weighted by Gasteiger charge is -2.35. The van der Waals surface area contributed by atoms with Gasteiger partial charge in [0.15, 0.2) is 0 Å². The summed E-state index contributed by atoms with van der Waals surface area (Å²) in [4.78, 5) is 11.5. The maximum atomic E-state index is 11.0. The second-order valence-electron chi connectivity index (χ2n) is 5.92. The number of carboxylic acid groups (broad SMARTS) is 1. The summed E-state index contributed by atoms with van der Waals surface area (Å²) in [6, 6.07) is 2.44. The highest BCUT2D eigenvalue weighted by molar-refractivity contribution is 7.12. The number of hydrogen-bond donors (Lipinski definition) is 2. The summed E-state index contributed by atoms with van der Waals surface area (Å²) in [7, 11) is 0. The summed E-state index contributed by atoms with van der Waals surface area (Å²) in [6.07, 6.45) is 4.94. The predicted octanol–water partition coefficient (Wildman–Crippen LogP) is 3.50. The first-order chi connectivity index (χ1) is 8.48. The molecule has 2 N–H and O–H groups in total. The number of aromatic carboxylic acids is 1. The van der Waals surface area contributed by atoms with Crippen LogP contribution in [0.15, 0.2) is 11.4 Å². The van der Waals surface area contributed by atoms with Crippen LogP contribution in [0.2, 0.25) is 0 Å². The average molecular weight is 267 g/mol. The molecule has 100 valence electrons. The first-order valence-electron chi connectivity index (χ1n) is 6.51. The van der Waals surface area contributed by atoms with Gasteiger partial charge in [0.25, 0.3) is 0 Å². The molecule has 4 heteroatoms. The fraction of sp³-hybridized carbons (Fsp3) is 0.643. The standard InChI is InChI=1S/C14H21NO2S/c1-14(2)6-3-4-11(8-14)15-9-10-5-7-18-12(10)13(16)17/h5,7,11,15H,3-4,6,8-9H2,1-2H3,(H,16,17). The lowest BCUT2D eigenvalue weighted by atomic mass is 9.75. The molecule has 1 aromatic rings. The van der Waals surface area contributed by atoms with Gasteiger partial charge in [0, 0.05) is 12.6 Å². The fourth-order valence-corrected chi connectivity index (χ4v) is 3.55. The molecule has 0 aromatic carbocycles. The van der Waals surface area contributed by atoms with Crippen molar-refractivity contribution in [3.63, 3.8) is 0 Å². The average Bonchev–Trinajstić information content (AvgIpc) is 2.73. The van der Waals surface area contributed by atoms with Gasteiger partial charge in [0.05, 0.1) is 0 Å². The molecule has 1 aromatic heterocycles. The topological polar surface area (TPSA) is 49.3 Å². The molecule has 1 atom stereocenters. The molecular formula is C14H21NO2S. The molecule has 1 saturated carbocycles. The van der Waals surface area contributed by atoms with E-state index in [1.165, 1.54) is 37.0 Å². The first kappa shape index (κ1) is 13.6. The van der Waals surface area contributed by atoms with Gasteiger partial charge in [0.1, 0.15) is 4.88 Å². The molecule has 3 nitrogen and oxygen atoms in total. The Labute approximate surface area is 112 Å². The molecule has 1 aliphatic carbocycles. The maximum Gasteiger partial charge on any atom is 0.346 e. The molecule has 1 fully saturated rings. The van der Waals surface area contributed by atoms with Gasteiger partial charge in [-0.05, 0) is 41.7 Å². The van der Waals surface area contributed by atoms with Crippen molar-refractivity contribution in [1.82, 2.24) is 5.32 Å². The fourth-order valence-electron chi connectivity index (χ4n) is 2.79. The minimum atomic E-state index is -0.814. The smallest absolute Gasteiger partial charge is 0.346 e. The molecule has 0 saturated heterocycles. The minimum absolute atomic E-state index is 0.417. The van der Waals surface area contributed by atoms with Crippen molar-refractivity contribution < 1.29 is 9.90 Å². The third-order valence-corrected chi connectivity index (χ3v) is 4.67. The van der Waals surface area contributed by atoms with E-state index in [0.717, 1.165) is 5.56 Å². The summed E-state index contributed by atoms with van der Waals surface area (Å²) in [5.41, 5.74) is 1.33. The number of thiophene rings is 1. The van der Waals surface area contributed by atoms with Crippen molar-refractivity contribution in [1.29, 1.82) is 0 Å². The molecule has 2 rings (SSSR count). The van der Waals surface area contributed by atoms with Gasteiger partial charge in [-0.2, -0.15) is 0 Å². The van der Waals surface area contributed by atoms with Gasteiger partial charge in [-0.25, -0.2) is 4.79 Å². The van der Waals surface area contributed by atoms with Crippen molar-refractivity contribution in [2.75, 3.05) is 0 Å². The van der Waals surface area contributed by atoms with Crippen molar-refractivity contribution in [2.24, 2.45) is 5.41 Å². The molecule has 1 heterocycles. The summed E-state index contributed by atoms with van der Waals surface area (Å²) < 4.78 is 0. The van der Waals surface area contributed by atoms with Crippen LogP contribution < -0.4 is 5.32 Å². The van der Waals surface area contributed by atoms with Gasteiger partial charge in [-0.3, -0.25) is 0 Å². The van der Waals surface area contributed by atoms with E-state index in [1.807, 2.05) is 11.4 Å². The number of nitrogens with one attached hydrogen (secondary N) is 1. The van der Waals surface area contributed by atoms with E-state index in [-0.39, 0.29) is 0 Å². The molecule has 18 heavy (non-hydrogen) atoms. The molecular weight excluding hydrogens is 246 g/mol. The highest BCUT2D eigenvalue weighted by atomic mass is 32.1. The number of hydrogen-bond acceptors (Lipinski definition) is 3. The van der Waals surface area contributed by atoms with Crippen LogP contribution in [0.5, 0.6) is 0 Å².